The minimum absolute atomic E-state index is 0.273. The maximum absolute atomic E-state index is 9.17. The minimum Gasteiger partial charge on any atom is -0.508 e. The largest absolute Gasteiger partial charge is 0.508 e. The van der Waals surface area contributed by atoms with Crippen LogP contribution in [0, 0.1) is 0 Å². The van der Waals surface area contributed by atoms with E-state index in [0.717, 1.165) is 18.7 Å². The van der Waals surface area contributed by atoms with Gasteiger partial charge in [0.1, 0.15) is 5.75 Å². The maximum Gasteiger partial charge on any atom is 0.115 e. The van der Waals surface area contributed by atoms with Crippen LogP contribution in [0.1, 0.15) is 24.2 Å². The number of hydrogen-bond donors (Lipinski definition) is 3. The molecule has 0 aliphatic carbocycles. The number of hydrogen-bond acceptors (Lipinski definition) is 3. The van der Waals surface area contributed by atoms with Crippen LogP contribution in [0.3, 0.4) is 0 Å². The number of nitrogens with zero attached hydrogens (tertiary/aromatic N) is 1. The van der Waals surface area contributed by atoms with Gasteiger partial charge < -0.3 is 10.4 Å². The quantitative estimate of drug-likeness (QED) is 0.737. The summed E-state index contributed by atoms with van der Waals surface area (Å²) >= 11 is 0. The fourth-order valence-corrected chi connectivity index (χ4v) is 1.71. The maximum atomic E-state index is 9.17. The summed E-state index contributed by atoms with van der Waals surface area (Å²) in [5.74, 6) is 0.313. The molecule has 2 rings (SSSR count). The van der Waals surface area contributed by atoms with E-state index in [4.69, 9.17) is 5.11 Å². The molecule has 0 radical (unpaired) electrons. The third-order valence-electron chi connectivity index (χ3n) is 2.79. The van der Waals surface area contributed by atoms with E-state index in [1.807, 2.05) is 18.2 Å². The van der Waals surface area contributed by atoms with Gasteiger partial charge in [-0.25, -0.2) is 0 Å². The highest BCUT2D eigenvalue weighted by Gasteiger charge is 2.04. The lowest BCUT2D eigenvalue weighted by atomic mass is 10.1. The molecule has 1 aromatic carbocycles. The Morgan fingerprint density at radius 1 is 1.29 bits per heavy atom. The van der Waals surface area contributed by atoms with E-state index in [1.54, 1.807) is 18.3 Å². The second-order valence-corrected chi connectivity index (χ2v) is 4.10. The summed E-state index contributed by atoms with van der Waals surface area (Å²) in [6, 6.07) is 9.56. The van der Waals surface area contributed by atoms with Gasteiger partial charge in [-0.1, -0.05) is 12.1 Å². The summed E-state index contributed by atoms with van der Waals surface area (Å²) in [4.78, 5) is 0. The van der Waals surface area contributed by atoms with Crippen molar-refractivity contribution < 1.29 is 5.11 Å². The van der Waals surface area contributed by atoms with Gasteiger partial charge in [0.2, 0.25) is 0 Å². The summed E-state index contributed by atoms with van der Waals surface area (Å²) in [6.07, 6.45) is 2.70. The van der Waals surface area contributed by atoms with Crippen LogP contribution in [0.15, 0.2) is 36.5 Å². The highest BCUT2D eigenvalue weighted by atomic mass is 16.3. The predicted octanol–water partition coefficient (Wildman–Crippen LogP) is 2.01. The van der Waals surface area contributed by atoms with E-state index in [0.29, 0.717) is 5.75 Å². The Bertz CT molecular complexity index is 436. The lowest BCUT2D eigenvalue weighted by Crippen LogP contribution is -2.21. The highest BCUT2D eigenvalue weighted by molar-refractivity contribution is 5.26. The molecule has 0 bridgehead atoms. The van der Waals surface area contributed by atoms with Crippen molar-refractivity contribution in [2.24, 2.45) is 0 Å². The first-order valence-electron chi connectivity index (χ1n) is 5.76. The monoisotopic (exact) mass is 231 g/mol. The van der Waals surface area contributed by atoms with Gasteiger partial charge in [0.25, 0.3) is 0 Å². The van der Waals surface area contributed by atoms with Crippen LogP contribution < -0.4 is 5.32 Å². The third-order valence-corrected chi connectivity index (χ3v) is 2.79. The first-order chi connectivity index (χ1) is 8.25. The average molecular weight is 231 g/mol. The predicted molar refractivity (Wildman–Crippen MR) is 66.8 cm³/mol. The van der Waals surface area contributed by atoms with E-state index in [1.165, 1.54) is 5.56 Å². The summed E-state index contributed by atoms with van der Waals surface area (Å²) in [7, 11) is 0. The van der Waals surface area contributed by atoms with Crippen LogP contribution in [0.25, 0.3) is 0 Å². The molecule has 1 unspecified atom stereocenters. The van der Waals surface area contributed by atoms with Gasteiger partial charge in [-0.05, 0) is 43.7 Å². The van der Waals surface area contributed by atoms with Crippen molar-refractivity contribution in [3.63, 3.8) is 0 Å². The molecule has 0 fully saturated rings. The van der Waals surface area contributed by atoms with E-state index in [-0.39, 0.29) is 6.04 Å². The molecule has 1 aromatic heterocycles. The number of H-pyrrole nitrogens is 1. The SMILES string of the molecule is CC(NCCc1ccc(O)cc1)c1ccn[nH]1. The van der Waals surface area contributed by atoms with E-state index in [2.05, 4.69) is 22.4 Å². The minimum atomic E-state index is 0.273. The molecule has 4 heteroatoms. The Morgan fingerprint density at radius 3 is 2.71 bits per heavy atom. The van der Waals surface area contributed by atoms with Gasteiger partial charge in [-0.2, -0.15) is 5.10 Å². The summed E-state index contributed by atoms with van der Waals surface area (Å²) in [5, 5.41) is 19.5. The van der Waals surface area contributed by atoms with Crippen molar-refractivity contribution >= 4 is 0 Å². The van der Waals surface area contributed by atoms with Crippen LogP contribution in [-0.2, 0) is 6.42 Å². The van der Waals surface area contributed by atoms with Crippen LogP contribution in [0.5, 0.6) is 5.75 Å². The molecule has 90 valence electrons. The number of nitrogens with one attached hydrogen (secondary N) is 2. The number of benzene rings is 1. The Hall–Kier alpha value is -1.81. The zero-order valence-corrected chi connectivity index (χ0v) is 9.85. The van der Waals surface area contributed by atoms with Gasteiger partial charge in [0.15, 0.2) is 0 Å². The zero-order valence-electron chi connectivity index (χ0n) is 9.85. The second kappa shape index (κ2) is 5.50. The molecule has 1 heterocycles. The van der Waals surface area contributed by atoms with Gasteiger partial charge in [0, 0.05) is 12.2 Å². The van der Waals surface area contributed by atoms with Crippen molar-refractivity contribution in [2.45, 2.75) is 19.4 Å². The van der Waals surface area contributed by atoms with E-state index >= 15 is 0 Å². The van der Waals surface area contributed by atoms with Crippen LogP contribution >= 0.6 is 0 Å². The van der Waals surface area contributed by atoms with Gasteiger partial charge in [-0.15, -0.1) is 0 Å². The van der Waals surface area contributed by atoms with Crippen molar-refractivity contribution in [1.82, 2.24) is 15.5 Å². The summed E-state index contributed by atoms with van der Waals surface area (Å²) in [6.45, 7) is 3.00. The number of aromatic amines is 1. The van der Waals surface area contributed by atoms with Crippen LogP contribution in [0.4, 0.5) is 0 Å². The van der Waals surface area contributed by atoms with Crippen LogP contribution in [-0.4, -0.2) is 21.8 Å². The van der Waals surface area contributed by atoms with Crippen molar-refractivity contribution in [3.8, 4) is 5.75 Å². The number of phenolic OH excluding ortho intramolecular Hbond substituents is 1. The second-order valence-electron chi connectivity index (χ2n) is 4.10. The molecule has 0 aliphatic rings. The fraction of sp³-hybridized carbons (Fsp3) is 0.308. The normalized spacial score (nSPS) is 12.5. The van der Waals surface area contributed by atoms with E-state index in [9.17, 15) is 0 Å². The lowest BCUT2D eigenvalue weighted by Gasteiger charge is -2.11. The summed E-state index contributed by atoms with van der Waals surface area (Å²) < 4.78 is 0. The number of aromatic hydroxyl groups is 1. The zero-order chi connectivity index (χ0) is 12.1. The lowest BCUT2D eigenvalue weighted by molar-refractivity contribution is 0.475. The smallest absolute Gasteiger partial charge is 0.115 e. The molecule has 2 aromatic rings. The molecule has 4 nitrogen and oxygen atoms in total. The molecule has 0 saturated carbocycles. The van der Waals surface area contributed by atoms with Gasteiger partial charge in [0.05, 0.1) is 5.69 Å². The molecule has 0 aliphatic heterocycles. The first kappa shape index (κ1) is 11.7. The number of phenols is 1. The Morgan fingerprint density at radius 2 is 2.06 bits per heavy atom. The fourth-order valence-electron chi connectivity index (χ4n) is 1.71. The third kappa shape index (κ3) is 3.32. The van der Waals surface area contributed by atoms with Gasteiger partial charge in [-0.3, -0.25) is 5.10 Å². The van der Waals surface area contributed by atoms with E-state index < -0.39 is 0 Å². The van der Waals surface area contributed by atoms with Crippen molar-refractivity contribution in [1.29, 1.82) is 0 Å². The highest BCUT2D eigenvalue weighted by Crippen LogP contribution is 2.11. The molecule has 17 heavy (non-hydrogen) atoms. The Kier molecular flexibility index (Phi) is 3.77. The number of aromatic nitrogens is 2. The Balaban J connectivity index is 1.78. The topological polar surface area (TPSA) is 60.9 Å². The molecular formula is C13H17N3O. The summed E-state index contributed by atoms with van der Waals surface area (Å²) in [5.41, 5.74) is 2.31. The first-order valence-corrected chi connectivity index (χ1v) is 5.76. The molecular weight excluding hydrogens is 214 g/mol. The standard InChI is InChI=1S/C13H17N3O/c1-10(13-7-9-15-16-13)14-8-6-11-2-4-12(17)5-3-11/h2-5,7,9-10,14,17H,6,8H2,1H3,(H,15,16). The van der Waals surface area contributed by atoms with Crippen LogP contribution in [0.2, 0.25) is 0 Å². The molecule has 0 spiro atoms. The molecule has 0 saturated heterocycles. The van der Waals surface area contributed by atoms with Crippen molar-refractivity contribution in [2.75, 3.05) is 6.54 Å². The van der Waals surface area contributed by atoms with Crippen molar-refractivity contribution in [3.05, 3.63) is 47.8 Å². The molecule has 3 N–H and O–H groups in total. The average Bonchev–Trinajstić information content (AvgIpc) is 2.85. The van der Waals surface area contributed by atoms with Gasteiger partial charge >= 0.3 is 0 Å². The molecule has 0 amide bonds. The Labute approximate surface area is 101 Å². The molecule has 1 atom stereocenters. The number of rotatable bonds is 5.